The Morgan fingerprint density at radius 1 is 1.44 bits per heavy atom. The van der Waals surface area contributed by atoms with E-state index in [1.165, 1.54) is 0 Å². The number of halogens is 3. The normalized spacial score (nSPS) is 31.2. The third-order valence-corrected chi connectivity index (χ3v) is 2.93. The van der Waals surface area contributed by atoms with Crippen LogP contribution in [0.4, 0.5) is 13.2 Å². The van der Waals surface area contributed by atoms with Gasteiger partial charge in [0.05, 0.1) is 12.5 Å². The fourth-order valence-corrected chi connectivity index (χ4v) is 1.89. The molecule has 0 radical (unpaired) electrons. The van der Waals surface area contributed by atoms with Gasteiger partial charge in [-0.1, -0.05) is 0 Å². The molecule has 0 bridgehead atoms. The molecule has 0 saturated heterocycles. The standard InChI is InChI=1S/C10H15F3O3/c1-2-16-8(14)9(15)5-3-7(4-6-9)10(11,12)13/h7,15H,2-6H2,1H3. The first kappa shape index (κ1) is 13.3. The van der Waals surface area contributed by atoms with Crippen LogP contribution in [-0.4, -0.2) is 29.5 Å². The first-order chi connectivity index (χ1) is 7.29. The molecule has 1 aliphatic carbocycles. The minimum atomic E-state index is -4.24. The maximum absolute atomic E-state index is 12.3. The highest BCUT2D eigenvalue weighted by atomic mass is 19.4. The highest BCUT2D eigenvalue weighted by Gasteiger charge is 2.48. The zero-order valence-electron chi connectivity index (χ0n) is 9.01. The first-order valence-corrected chi connectivity index (χ1v) is 5.26. The van der Waals surface area contributed by atoms with Crippen LogP contribution in [0.2, 0.25) is 0 Å². The van der Waals surface area contributed by atoms with Crippen molar-refractivity contribution in [2.45, 2.75) is 44.4 Å². The maximum Gasteiger partial charge on any atom is 0.391 e. The average molecular weight is 240 g/mol. The van der Waals surface area contributed by atoms with E-state index in [9.17, 15) is 23.1 Å². The molecule has 3 nitrogen and oxygen atoms in total. The molecule has 0 aromatic carbocycles. The Kier molecular flexibility index (Phi) is 3.83. The lowest BCUT2D eigenvalue weighted by Crippen LogP contribution is -2.45. The first-order valence-electron chi connectivity index (χ1n) is 5.26. The second-order valence-corrected chi connectivity index (χ2v) is 4.07. The van der Waals surface area contributed by atoms with Gasteiger partial charge >= 0.3 is 12.1 Å². The fourth-order valence-electron chi connectivity index (χ4n) is 1.89. The Morgan fingerprint density at radius 3 is 2.31 bits per heavy atom. The van der Waals surface area contributed by atoms with E-state index in [-0.39, 0.29) is 32.3 Å². The summed E-state index contributed by atoms with van der Waals surface area (Å²) in [5.41, 5.74) is -1.72. The lowest BCUT2D eigenvalue weighted by atomic mass is 9.78. The molecule has 6 heteroatoms. The molecule has 1 rings (SSSR count). The van der Waals surface area contributed by atoms with Gasteiger partial charge in [-0.15, -0.1) is 0 Å². The maximum atomic E-state index is 12.3. The number of hydrogen-bond acceptors (Lipinski definition) is 3. The Balaban J connectivity index is 2.56. The van der Waals surface area contributed by atoms with Gasteiger partial charge in [-0.05, 0) is 32.6 Å². The van der Waals surface area contributed by atoms with Crippen LogP contribution in [0.1, 0.15) is 32.6 Å². The number of aliphatic hydroxyl groups is 1. The molecule has 94 valence electrons. The van der Waals surface area contributed by atoms with Gasteiger partial charge in [0, 0.05) is 0 Å². The van der Waals surface area contributed by atoms with Gasteiger partial charge < -0.3 is 9.84 Å². The van der Waals surface area contributed by atoms with Crippen molar-refractivity contribution in [3.8, 4) is 0 Å². The molecular formula is C10H15F3O3. The molecule has 0 atom stereocenters. The van der Waals surface area contributed by atoms with Crippen molar-refractivity contribution in [2.75, 3.05) is 6.61 Å². The van der Waals surface area contributed by atoms with E-state index >= 15 is 0 Å². The summed E-state index contributed by atoms with van der Waals surface area (Å²) in [6, 6.07) is 0. The van der Waals surface area contributed by atoms with Crippen molar-refractivity contribution in [3.63, 3.8) is 0 Å². The summed E-state index contributed by atoms with van der Waals surface area (Å²) in [6.45, 7) is 1.70. The number of esters is 1. The van der Waals surface area contributed by atoms with Crippen LogP contribution >= 0.6 is 0 Å². The Bertz CT molecular complexity index is 255. The van der Waals surface area contributed by atoms with Gasteiger partial charge in [0.2, 0.25) is 0 Å². The van der Waals surface area contributed by atoms with E-state index < -0.39 is 23.7 Å². The van der Waals surface area contributed by atoms with Crippen molar-refractivity contribution in [2.24, 2.45) is 5.92 Å². The summed E-state index contributed by atoms with van der Waals surface area (Å²) in [5.74, 6) is -2.22. The van der Waals surface area contributed by atoms with Crippen LogP contribution in [0.25, 0.3) is 0 Å². The molecule has 0 heterocycles. The predicted molar refractivity (Wildman–Crippen MR) is 49.6 cm³/mol. The van der Waals surface area contributed by atoms with Crippen molar-refractivity contribution >= 4 is 5.97 Å². The molecule has 0 aromatic rings. The topological polar surface area (TPSA) is 46.5 Å². The average Bonchev–Trinajstić information content (AvgIpc) is 2.17. The van der Waals surface area contributed by atoms with E-state index in [1.807, 2.05) is 0 Å². The Labute approximate surface area is 91.6 Å². The van der Waals surface area contributed by atoms with Crippen LogP contribution in [0.5, 0.6) is 0 Å². The smallest absolute Gasteiger partial charge is 0.391 e. The number of alkyl halides is 3. The third kappa shape index (κ3) is 2.87. The molecule has 0 amide bonds. The van der Waals surface area contributed by atoms with Crippen LogP contribution in [-0.2, 0) is 9.53 Å². The molecule has 0 aliphatic heterocycles. The van der Waals surface area contributed by atoms with Crippen molar-refractivity contribution in [3.05, 3.63) is 0 Å². The summed E-state index contributed by atoms with van der Waals surface area (Å²) >= 11 is 0. The van der Waals surface area contributed by atoms with E-state index in [4.69, 9.17) is 0 Å². The minimum Gasteiger partial charge on any atom is -0.464 e. The number of ether oxygens (including phenoxy) is 1. The summed E-state index contributed by atoms with van der Waals surface area (Å²) in [6.07, 6.45) is -5.06. The van der Waals surface area contributed by atoms with Gasteiger partial charge in [-0.2, -0.15) is 13.2 Å². The molecule has 1 aliphatic rings. The third-order valence-electron chi connectivity index (χ3n) is 2.93. The number of carbonyl (C=O) groups is 1. The number of hydrogen-bond donors (Lipinski definition) is 1. The second-order valence-electron chi connectivity index (χ2n) is 4.07. The van der Waals surface area contributed by atoms with Gasteiger partial charge in [0.1, 0.15) is 0 Å². The molecule has 1 saturated carbocycles. The summed E-state index contributed by atoms with van der Waals surface area (Å²) < 4.78 is 41.7. The summed E-state index contributed by atoms with van der Waals surface area (Å²) in [5, 5.41) is 9.81. The molecule has 1 fully saturated rings. The SMILES string of the molecule is CCOC(=O)C1(O)CCC(C(F)(F)F)CC1. The van der Waals surface area contributed by atoms with Crippen molar-refractivity contribution < 1.29 is 27.8 Å². The largest absolute Gasteiger partial charge is 0.464 e. The monoisotopic (exact) mass is 240 g/mol. The van der Waals surface area contributed by atoms with Gasteiger partial charge in [0.15, 0.2) is 5.60 Å². The lowest BCUT2D eigenvalue weighted by Gasteiger charge is -2.34. The number of rotatable bonds is 2. The molecular weight excluding hydrogens is 225 g/mol. The zero-order valence-corrected chi connectivity index (χ0v) is 9.01. The van der Waals surface area contributed by atoms with Crippen LogP contribution in [0, 0.1) is 5.92 Å². The van der Waals surface area contributed by atoms with Crippen LogP contribution < -0.4 is 0 Å². The molecule has 16 heavy (non-hydrogen) atoms. The lowest BCUT2D eigenvalue weighted by molar-refractivity contribution is -0.200. The second kappa shape index (κ2) is 4.61. The van der Waals surface area contributed by atoms with Crippen LogP contribution in [0.15, 0.2) is 0 Å². The molecule has 0 aromatic heterocycles. The van der Waals surface area contributed by atoms with Crippen LogP contribution in [0.3, 0.4) is 0 Å². The zero-order chi connectivity index (χ0) is 12.4. The van der Waals surface area contributed by atoms with Gasteiger partial charge in [-0.3, -0.25) is 0 Å². The molecule has 0 unspecified atom stereocenters. The minimum absolute atomic E-state index is 0.115. The van der Waals surface area contributed by atoms with E-state index in [2.05, 4.69) is 4.74 Å². The van der Waals surface area contributed by atoms with Gasteiger partial charge in [-0.25, -0.2) is 4.79 Å². The Morgan fingerprint density at radius 2 is 1.94 bits per heavy atom. The highest BCUT2D eigenvalue weighted by Crippen LogP contribution is 2.41. The predicted octanol–water partition coefficient (Wildman–Crippen LogP) is 2.03. The van der Waals surface area contributed by atoms with Crippen molar-refractivity contribution in [1.82, 2.24) is 0 Å². The van der Waals surface area contributed by atoms with E-state index in [1.54, 1.807) is 6.92 Å². The summed E-state index contributed by atoms with van der Waals surface area (Å²) in [7, 11) is 0. The van der Waals surface area contributed by atoms with E-state index in [0.717, 1.165) is 0 Å². The van der Waals surface area contributed by atoms with E-state index in [0.29, 0.717) is 0 Å². The number of carbonyl (C=O) groups excluding carboxylic acids is 1. The summed E-state index contributed by atoms with van der Waals surface area (Å²) in [4.78, 5) is 11.3. The Hall–Kier alpha value is -0.780. The highest BCUT2D eigenvalue weighted by molar-refractivity contribution is 5.79. The fraction of sp³-hybridized carbons (Fsp3) is 0.900. The van der Waals surface area contributed by atoms with Crippen molar-refractivity contribution in [1.29, 1.82) is 0 Å². The molecule has 0 spiro atoms. The van der Waals surface area contributed by atoms with Gasteiger partial charge in [0.25, 0.3) is 0 Å². The quantitative estimate of drug-likeness (QED) is 0.751. The molecule has 1 N–H and O–H groups in total.